The van der Waals surface area contributed by atoms with Crippen LogP contribution in [0.3, 0.4) is 0 Å². The van der Waals surface area contributed by atoms with Crippen molar-refractivity contribution < 1.29 is 13.9 Å². The highest BCUT2D eigenvalue weighted by molar-refractivity contribution is 6.38. The van der Waals surface area contributed by atoms with Gasteiger partial charge in [0.25, 0.3) is 5.91 Å². The molecule has 1 amide bonds. The number of benzene rings is 3. The van der Waals surface area contributed by atoms with E-state index >= 15 is 4.39 Å². The van der Waals surface area contributed by atoms with E-state index in [0.717, 1.165) is 11.4 Å². The third-order valence-electron chi connectivity index (χ3n) is 6.67. The van der Waals surface area contributed by atoms with Gasteiger partial charge in [0.2, 0.25) is 6.17 Å². The molecule has 214 valence electrons. The summed E-state index contributed by atoms with van der Waals surface area (Å²) in [4.78, 5) is 28.7. The third-order valence-corrected chi connectivity index (χ3v) is 6.90. The molecule has 0 saturated carbocycles. The molecule has 1 unspecified atom stereocenters. The lowest BCUT2D eigenvalue weighted by Crippen LogP contribution is -2.40. The molecule has 2 heterocycles. The SMILES string of the molecule is COc1cc(C(/C=N/C2N=C(c3ccccc3F)c3cc(Cl)ccc3N(CCN)C2=O)=N/N)ccc1-n1cnc(C)c1. The molecule has 1 atom stereocenters. The van der Waals surface area contributed by atoms with Crippen LogP contribution in [0.4, 0.5) is 10.1 Å². The number of aromatic nitrogens is 2. The van der Waals surface area contributed by atoms with Gasteiger partial charge in [0.15, 0.2) is 0 Å². The van der Waals surface area contributed by atoms with Gasteiger partial charge in [-0.2, -0.15) is 5.10 Å². The van der Waals surface area contributed by atoms with E-state index in [1.165, 1.54) is 17.2 Å². The summed E-state index contributed by atoms with van der Waals surface area (Å²) in [7, 11) is 1.55. The molecule has 10 nitrogen and oxygen atoms in total. The number of carbonyl (C=O) groups is 1. The largest absolute Gasteiger partial charge is 0.495 e. The average molecular weight is 587 g/mol. The zero-order chi connectivity index (χ0) is 29.8. The predicted octanol–water partition coefficient (Wildman–Crippen LogP) is 3.88. The van der Waals surface area contributed by atoms with Gasteiger partial charge in [-0.15, -0.1) is 0 Å². The van der Waals surface area contributed by atoms with Gasteiger partial charge in [0.1, 0.15) is 17.3 Å². The Bertz CT molecular complexity index is 1730. The summed E-state index contributed by atoms with van der Waals surface area (Å²) in [5.41, 5.74) is 9.76. The van der Waals surface area contributed by atoms with Crippen LogP contribution in [-0.4, -0.2) is 59.5 Å². The Kier molecular flexibility index (Phi) is 8.41. The third kappa shape index (κ3) is 5.65. The van der Waals surface area contributed by atoms with Crippen molar-refractivity contribution in [3.63, 3.8) is 0 Å². The normalized spacial score (nSPS) is 15.5. The molecule has 1 aliphatic heterocycles. The number of nitrogens with zero attached hydrogens (tertiary/aromatic N) is 6. The lowest BCUT2D eigenvalue weighted by atomic mass is 9.99. The van der Waals surface area contributed by atoms with E-state index in [1.807, 2.05) is 23.8 Å². The van der Waals surface area contributed by atoms with Crippen molar-refractivity contribution in [2.45, 2.75) is 13.1 Å². The van der Waals surface area contributed by atoms with Gasteiger partial charge in [-0.3, -0.25) is 9.79 Å². The van der Waals surface area contributed by atoms with Gasteiger partial charge in [0, 0.05) is 41.0 Å². The van der Waals surface area contributed by atoms with Gasteiger partial charge in [-0.1, -0.05) is 29.8 Å². The molecule has 3 aromatic carbocycles. The van der Waals surface area contributed by atoms with E-state index in [9.17, 15) is 4.79 Å². The van der Waals surface area contributed by atoms with Gasteiger partial charge in [-0.25, -0.2) is 14.4 Å². The summed E-state index contributed by atoms with van der Waals surface area (Å²) >= 11 is 6.33. The summed E-state index contributed by atoms with van der Waals surface area (Å²) in [6.07, 6.45) is 3.64. The Morgan fingerprint density at radius 3 is 2.62 bits per heavy atom. The number of carbonyl (C=O) groups excluding carboxylic acids is 1. The molecule has 1 aliphatic rings. The molecule has 5 rings (SSSR count). The number of anilines is 1. The number of aliphatic imine (C=N–C) groups is 2. The fourth-order valence-electron chi connectivity index (χ4n) is 4.69. The molecule has 4 N–H and O–H groups in total. The van der Waals surface area contributed by atoms with Crippen molar-refractivity contribution in [3.8, 4) is 11.4 Å². The van der Waals surface area contributed by atoms with Gasteiger partial charge >= 0.3 is 0 Å². The molecular formula is C30H28ClFN8O2. The number of methoxy groups -OCH3 is 1. The molecule has 0 radical (unpaired) electrons. The number of halogens is 2. The Hall–Kier alpha value is -4.87. The van der Waals surface area contributed by atoms with E-state index in [1.54, 1.807) is 62.0 Å². The number of benzodiazepines with no additional fused rings is 1. The summed E-state index contributed by atoms with van der Waals surface area (Å²) in [5, 5.41) is 4.30. The summed E-state index contributed by atoms with van der Waals surface area (Å²) < 4.78 is 22.5. The number of amides is 1. The molecule has 4 aromatic rings. The first-order valence-electron chi connectivity index (χ1n) is 13.0. The van der Waals surface area contributed by atoms with Crippen LogP contribution >= 0.6 is 11.6 Å². The standard InChI is InChI=1S/C30H28ClFN8O2/c1-18-16-39(17-36-18)26-9-7-19(13-27(26)42-2)24(38-34)15-35-29-30(41)40(12-11-33)25-10-8-20(31)14-22(25)28(37-29)21-5-3-4-6-23(21)32/h3-10,13-17,29H,11-12,33-34H2,1-2H3/b35-15+,38-24+. The van der Waals surface area contributed by atoms with Crippen LogP contribution in [0.15, 0.2) is 88.3 Å². The maximum atomic E-state index is 15.1. The zero-order valence-electron chi connectivity index (χ0n) is 22.9. The van der Waals surface area contributed by atoms with Crippen molar-refractivity contribution in [1.82, 2.24) is 9.55 Å². The first-order chi connectivity index (χ1) is 20.3. The quantitative estimate of drug-likeness (QED) is 0.183. The fraction of sp³-hybridized carbons (Fsp3) is 0.167. The van der Waals surface area contributed by atoms with Gasteiger partial charge in [-0.05, 0) is 49.4 Å². The number of aryl methyl sites for hydroxylation is 1. The number of rotatable bonds is 8. The van der Waals surface area contributed by atoms with Crippen molar-refractivity contribution in [2.75, 3.05) is 25.1 Å². The Morgan fingerprint density at radius 1 is 1.14 bits per heavy atom. The number of hydrazone groups is 1. The summed E-state index contributed by atoms with van der Waals surface area (Å²) in [6.45, 7) is 2.25. The Balaban J connectivity index is 1.58. The highest BCUT2D eigenvalue weighted by Gasteiger charge is 2.32. The molecule has 42 heavy (non-hydrogen) atoms. The first kappa shape index (κ1) is 28.7. The average Bonchev–Trinajstić information content (AvgIpc) is 3.39. The number of hydrogen-bond acceptors (Lipinski definition) is 8. The van der Waals surface area contributed by atoms with Crippen LogP contribution in [0, 0.1) is 12.7 Å². The topological polar surface area (TPSA) is 136 Å². The number of ether oxygens (including phenoxy) is 1. The van der Waals surface area contributed by atoms with Gasteiger partial charge < -0.3 is 25.8 Å². The van der Waals surface area contributed by atoms with Crippen molar-refractivity contribution in [2.24, 2.45) is 26.7 Å². The Morgan fingerprint density at radius 2 is 1.93 bits per heavy atom. The molecule has 0 bridgehead atoms. The second kappa shape index (κ2) is 12.3. The minimum Gasteiger partial charge on any atom is -0.495 e. The van der Waals surface area contributed by atoms with E-state index in [2.05, 4.69) is 20.1 Å². The van der Waals surface area contributed by atoms with Crippen LogP contribution in [-0.2, 0) is 4.79 Å². The van der Waals surface area contributed by atoms with E-state index in [4.69, 9.17) is 27.9 Å². The van der Waals surface area contributed by atoms with E-state index in [-0.39, 0.29) is 30.1 Å². The number of imidazole rings is 1. The van der Waals surface area contributed by atoms with E-state index < -0.39 is 17.9 Å². The highest BCUT2D eigenvalue weighted by Crippen LogP contribution is 2.32. The van der Waals surface area contributed by atoms with Gasteiger partial charge in [0.05, 0.1) is 42.4 Å². The van der Waals surface area contributed by atoms with Crippen molar-refractivity contribution in [3.05, 3.63) is 106 Å². The Labute approximate surface area is 246 Å². The molecule has 1 aromatic heterocycles. The lowest BCUT2D eigenvalue weighted by molar-refractivity contribution is -0.119. The lowest BCUT2D eigenvalue weighted by Gasteiger charge is -2.23. The highest BCUT2D eigenvalue weighted by atomic mass is 35.5. The minimum absolute atomic E-state index is 0.178. The van der Waals surface area contributed by atoms with Crippen molar-refractivity contribution >= 4 is 40.8 Å². The smallest absolute Gasteiger partial charge is 0.274 e. The van der Waals surface area contributed by atoms with Crippen LogP contribution in [0.5, 0.6) is 5.75 Å². The van der Waals surface area contributed by atoms with Crippen molar-refractivity contribution in [1.29, 1.82) is 0 Å². The second-order valence-electron chi connectivity index (χ2n) is 9.37. The zero-order valence-corrected chi connectivity index (χ0v) is 23.7. The first-order valence-corrected chi connectivity index (χ1v) is 13.4. The molecule has 0 aliphatic carbocycles. The van der Waals surface area contributed by atoms with Crippen LogP contribution in [0.1, 0.15) is 22.4 Å². The number of fused-ring (bicyclic) bond motifs is 1. The number of nitrogens with two attached hydrogens (primary N) is 2. The monoisotopic (exact) mass is 586 g/mol. The minimum atomic E-state index is -1.29. The van der Waals surface area contributed by atoms with E-state index in [0.29, 0.717) is 27.6 Å². The molecule has 0 spiro atoms. The summed E-state index contributed by atoms with van der Waals surface area (Å²) in [6, 6.07) is 16.6. The van der Waals surface area contributed by atoms with Crippen LogP contribution < -0.4 is 21.2 Å². The summed E-state index contributed by atoms with van der Waals surface area (Å²) in [5.74, 6) is 5.35. The maximum Gasteiger partial charge on any atom is 0.274 e. The molecule has 0 saturated heterocycles. The second-order valence-corrected chi connectivity index (χ2v) is 9.81. The maximum absolute atomic E-state index is 15.1. The molecule has 12 heteroatoms. The molecule has 0 fully saturated rings. The number of hydrogen-bond donors (Lipinski definition) is 2. The van der Waals surface area contributed by atoms with Crippen LogP contribution in [0.2, 0.25) is 5.02 Å². The fourth-order valence-corrected chi connectivity index (χ4v) is 4.86. The predicted molar refractivity (Wildman–Crippen MR) is 163 cm³/mol. The van der Waals surface area contributed by atoms with Crippen LogP contribution in [0.25, 0.3) is 5.69 Å². The molecular weight excluding hydrogens is 559 g/mol.